The zero-order valence-corrected chi connectivity index (χ0v) is 13.6. The van der Waals surface area contributed by atoms with Crippen LogP contribution in [0.25, 0.3) is 0 Å². The number of hydrogen-bond donors (Lipinski definition) is 1. The molecule has 0 bridgehead atoms. The van der Waals surface area contributed by atoms with E-state index >= 15 is 0 Å². The predicted octanol–water partition coefficient (Wildman–Crippen LogP) is 4.61. The van der Waals surface area contributed by atoms with Crippen molar-refractivity contribution in [2.45, 2.75) is 0 Å². The Morgan fingerprint density at radius 3 is 2.65 bits per heavy atom. The van der Waals surface area contributed by atoms with Crippen LogP contribution in [0.15, 0.2) is 45.3 Å². The van der Waals surface area contributed by atoms with Crippen molar-refractivity contribution < 1.29 is 13.9 Å². The first kappa shape index (κ1) is 15.0. The van der Waals surface area contributed by atoms with Crippen LogP contribution in [0.3, 0.4) is 0 Å². The fraction of sp³-hybridized carbons (Fsp3) is 0.0714. The van der Waals surface area contributed by atoms with Crippen LogP contribution in [0.1, 0.15) is 10.4 Å². The third kappa shape index (κ3) is 3.37. The molecule has 0 heterocycles. The summed E-state index contributed by atoms with van der Waals surface area (Å²) in [6, 6.07) is 9.13. The molecule has 2 aromatic carbocycles. The van der Waals surface area contributed by atoms with Crippen molar-refractivity contribution in [1.29, 1.82) is 0 Å². The fourth-order valence-electron chi connectivity index (χ4n) is 1.64. The molecule has 0 aromatic heterocycles. The van der Waals surface area contributed by atoms with Crippen LogP contribution < -0.4 is 10.1 Å². The molecule has 6 heteroatoms. The van der Waals surface area contributed by atoms with Crippen molar-refractivity contribution >= 4 is 43.5 Å². The van der Waals surface area contributed by atoms with E-state index in [1.165, 1.54) is 25.3 Å². The van der Waals surface area contributed by atoms with E-state index in [-0.39, 0.29) is 5.91 Å². The molecule has 2 aromatic rings. The predicted molar refractivity (Wildman–Crippen MR) is 82.7 cm³/mol. The molecule has 0 radical (unpaired) electrons. The second-order valence-electron chi connectivity index (χ2n) is 3.92. The minimum Gasteiger partial charge on any atom is -0.496 e. The molecule has 0 spiro atoms. The highest BCUT2D eigenvalue weighted by Crippen LogP contribution is 2.27. The third-order valence-electron chi connectivity index (χ3n) is 2.58. The van der Waals surface area contributed by atoms with Crippen molar-refractivity contribution in [3.8, 4) is 5.75 Å². The van der Waals surface area contributed by atoms with Gasteiger partial charge in [0.05, 0.1) is 18.4 Å². The lowest BCUT2D eigenvalue weighted by atomic mass is 10.2. The van der Waals surface area contributed by atoms with Gasteiger partial charge >= 0.3 is 0 Å². The van der Waals surface area contributed by atoms with E-state index < -0.39 is 5.82 Å². The first-order valence-electron chi connectivity index (χ1n) is 5.61. The summed E-state index contributed by atoms with van der Waals surface area (Å²) in [7, 11) is 1.48. The number of carbonyl (C=O) groups excluding carboxylic acids is 1. The molecule has 104 valence electrons. The molecule has 2 rings (SSSR count). The Labute approximate surface area is 132 Å². The number of carbonyl (C=O) groups is 1. The highest BCUT2D eigenvalue weighted by atomic mass is 79.9. The molecule has 20 heavy (non-hydrogen) atoms. The largest absolute Gasteiger partial charge is 0.496 e. The number of methoxy groups -OCH3 is 1. The summed E-state index contributed by atoms with van der Waals surface area (Å²) < 4.78 is 19.8. The monoisotopic (exact) mass is 401 g/mol. The Hall–Kier alpha value is -1.40. The second-order valence-corrected chi connectivity index (χ2v) is 5.69. The van der Waals surface area contributed by atoms with Gasteiger partial charge < -0.3 is 10.1 Å². The van der Waals surface area contributed by atoms with Crippen molar-refractivity contribution in [1.82, 2.24) is 0 Å². The number of benzene rings is 2. The van der Waals surface area contributed by atoms with E-state index in [1.807, 2.05) is 0 Å². The fourth-order valence-corrected chi connectivity index (χ4v) is 2.32. The smallest absolute Gasteiger partial charge is 0.259 e. The topological polar surface area (TPSA) is 38.3 Å². The molecule has 0 aliphatic rings. The van der Waals surface area contributed by atoms with Gasteiger partial charge in [-0.1, -0.05) is 15.9 Å². The molecule has 0 unspecified atom stereocenters. The molecule has 0 aliphatic carbocycles. The molecule has 1 N–H and O–H groups in total. The van der Waals surface area contributed by atoms with Gasteiger partial charge in [-0.3, -0.25) is 4.79 Å². The Morgan fingerprint density at radius 1 is 1.20 bits per heavy atom. The first-order valence-corrected chi connectivity index (χ1v) is 7.20. The Kier molecular flexibility index (Phi) is 4.77. The van der Waals surface area contributed by atoms with Gasteiger partial charge in [0.25, 0.3) is 5.91 Å². The maximum absolute atomic E-state index is 13.2. The molecule has 0 saturated carbocycles. The third-order valence-corrected chi connectivity index (χ3v) is 3.77. The first-order chi connectivity index (χ1) is 9.51. The number of amides is 1. The van der Waals surface area contributed by atoms with Gasteiger partial charge in [0, 0.05) is 8.95 Å². The minimum atomic E-state index is -0.425. The van der Waals surface area contributed by atoms with Gasteiger partial charge in [-0.15, -0.1) is 0 Å². The maximum atomic E-state index is 13.2. The average molecular weight is 403 g/mol. The summed E-state index contributed by atoms with van der Waals surface area (Å²) in [4.78, 5) is 12.2. The van der Waals surface area contributed by atoms with E-state index in [1.54, 1.807) is 18.2 Å². The van der Waals surface area contributed by atoms with Gasteiger partial charge in [-0.05, 0) is 52.3 Å². The molecule has 3 nitrogen and oxygen atoms in total. The molecular weight excluding hydrogens is 393 g/mol. The number of hydrogen-bond acceptors (Lipinski definition) is 2. The molecule has 1 amide bonds. The van der Waals surface area contributed by atoms with Crippen molar-refractivity contribution in [2.75, 3.05) is 12.4 Å². The number of anilines is 1. The molecule has 0 saturated heterocycles. The number of halogens is 3. The Morgan fingerprint density at radius 2 is 1.95 bits per heavy atom. The molecule has 0 atom stereocenters. The summed E-state index contributed by atoms with van der Waals surface area (Å²) in [5, 5.41) is 2.64. The van der Waals surface area contributed by atoms with Gasteiger partial charge in [-0.25, -0.2) is 4.39 Å². The van der Waals surface area contributed by atoms with E-state index in [2.05, 4.69) is 37.2 Å². The van der Waals surface area contributed by atoms with Crippen LogP contribution >= 0.6 is 31.9 Å². The van der Waals surface area contributed by atoms with Crippen molar-refractivity contribution in [3.63, 3.8) is 0 Å². The Bertz CT molecular complexity index is 662. The van der Waals surface area contributed by atoms with Crippen molar-refractivity contribution in [3.05, 3.63) is 56.7 Å². The number of ether oxygens (including phenoxy) is 1. The highest BCUT2D eigenvalue weighted by Gasteiger charge is 2.14. The van der Waals surface area contributed by atoms with E-state index in [9.17, 15) is 9.18 Å². The van der Waals surface area contributed by atoms with E-state index in [0.29, 0.717) is 21.5 Å². The summed E-state index contributed by atoms with van der Waals surface area (Å²) in [6.07, 6.45) is 0. The van der Waals surface area contributed by atoms with E-state index in [0.717, 1.165) is 4.47 Å². The summed E-state index contributed by atoms with van der Waals surface area (Å²) >= 11 is 6.56. The molecular formula is C14H10Br2FNO2. The van der Waals surface area contributed by atoms with Gasteiger partial charge in [0.1, 0.15) is 11.6 Å². The summed E-state index contributed by atoms with van der Waals surface area (Å²) in [6.45, 7) is 0. The normalized spacial score (nSPS) is 10.2. The lowest BCUT2D eigenvalue weighted by Crippen LogP contribution is -2.13. The van der Waals surface area contributed by atoms with Gasteiger partial charge in [0.15, 0.2) is 0 Å². The zero-order chi connectivity index (χ0) is 14.7. The SMILES string of the molecule is COc1cc(Br)ccc1C(=O)Nc1cc(F)ccc1Br. The van der Waals surface area contributed by atoms with Crippen LogP contribution in [-0.2, 0) is 0 Å². The maximum Gasteiger partial charge on any atom is 0.259 e. The van der Waals surface area contributed by atoms with E-state index in [4.69, 9.17) is 4.74 Å². The number of rotatable bonds is 3. The van der Waals surface area contributed by atoms with Crippen molar-refractivity contribution in [2.24, 2.45) is 0 Å². The van der Waals surface area contributed by atoms with Crippen LogP contribution in [0.5, 0.6) is 5.75 Å². The molecule has 0 aliphatic heterocycles. The van der Waals surface area contributed by atoms with Crippen LogP contribution in [-0.4, -0.2) is 13.0 Å². The summed E-state index contributed by atoms with van der Waals surface area (Å²) in [5.74, 6) is -0.365. The Balaban J connectivity index is 2.30. The van der Waals surface area contributed by atoms with Crippen LogP contribution in [0.2, 0.25) is 0 Å². The molecule has 0 fully saturated rings. The second kappa shape index (κ2) is 6.37. The lowest BCUT2D eigenvalue weighted by molar-refractivity contribution is 0.102. The van der Waals surface area contributed by atoms with Crippen LogP contribution in [0, 0.1) is 5.82 Å². The minimum absolute atomic E-state index is 0.361. The van der Waals surface area contributed by atoms with Gasteiger partial charge in [-0.2, -0.15) is 0 Å². The average Bonchev–Trinajstić information content (AvgIpc) is 2.42. The quantitative estimate of drug-likeness (QED) is 0.813. The highest BCUT2D eigenvalue weighted by molar-refractivity contribution is 9.10. The zero-order valence-electron chi connectivity index (χ0n) is 10.4. The number of nitrogens with one attached hydrogen (secondary N) is 1. The summed E-state index contributed by atoms with van der Waals surface area (Å²) in [5.41, 5.74) is 0.729. The lowest BCUT2D eigenvalue weighted by Gasteiger charge is -2.11. The van der Waals surface area contributed by atoms with Crippen LogP contribution in [0.4, 0.5) is 10.1 Å². The van der Waals surface area contributed by atoms with Gasteiger partial charge in [0.2, 0.25) is 0 Å². The standard InChI is InChI=1S/C14H10Br2FNO2/c1-20-13-6-8(15)2-4-10(13)14(19)18-12-7-9(17)3-5-11(12)16/h2-7H,1H3,(H,18,19).